The van der Waals surface area contributed by atoms with E-state index < -0.39 is 6.17 Å². The van der Waals surface area contributed by atoms with Gasteiger partial charge in [0.25, 0.3) is 5.91 Å². The number of hydrogen-bond donors (Lipinski definition) is 1. The second-order valence-electron chi connectivity index (χ2n) is 6.20. The van der Waals surface area contributed by atoms with E-state index in [1.165, 1.54) is 0 Å². The van der Waals surface area contributed by atoms with Crippen LogP contribution in [0.3, 0.4) is 0 Å². The Morgan fingerprint density at radius 2 is 2.09 bits per heavy atom. The van der Waals surface area contributed by atoms with Crippen LogP contribution in [0.4, 0.5) is 10.1 Å². The number of nitrogens with zero attached hydrogens (tertiary/aromatic N) is 2. The Bertz CT molecular complexity index is 590. The molecule has 6 heteroatoms. The Morgan fingerprint density at radius 1 is 1.35 bits per heavy atom. The number of rotatable bonds is 4. The molecular formula is C17H22FN3O2. The van der Waals surface area contributed by atoms with Crippen LogP contribution in [-0.4, -0.2) is 55.6 Å². The average Bonchev–Trinajstić information content (AvgIpc) is 3.13. The van der Waals surface area contributed by atoms with Gasteiger partial charge in [0.1, 0.15) is 6.17 Å². The summed E-state index contributed by atoms with van der Waals surface area (Å²) in [5, 5.41) is 3.01. The summed E-state index contributed by atoms with van der Waals surface area (Å²) in [6.45, 7) is 1.47. The number of hydrogen-bond acceptors (Lipinski definition) is 3. The quantitative estimate of drug-likeness (QED) is 0.917. The lowest BCUT2D eigenvalue weighted by Gasteiger charge is -2.24. The van der Waals surface area contributed by atoms with Gasteiger partial charge in [-0.2, -0.15) is 0 Å². The summed E-state index contributed by atoms with van der Waals surface area (Å²) in [6, 6.07) is 6.94. The van der Waals surface area contributed by atoms with Gasteiger partial charge in [-0.3, -0.25) is 9.59 Å². The highest BCUT2D eigenvalue weighted by atomic mass is 19.1. The smallest absolute Gasteiger partial charge is 0.254 e. The van der Waals surface area contributed by atoms with Gasteiger partial charge in [-0.05, 0) is 37.7 Å². The molecule has 2 aliphatic heterocycles. The molecule has 2 saturated heterocycles. The van der Waals surface area contributed by atoms with E-state index in [4.69, 9.17) is 0 Å². The predicted octanol–water partition coefficient (Wildman–Crippen LogP) is 1.59. The summed E-state index contributed by atoms with van der Waals surface area (Å²) in [5.41, 5.74) is 1.36. The maximum atomic E-state index is 13.7. The number of likely N-dealkylation sites (N-methyl/N-ethyl adjacent to an activating group) is 1. The van der Waals surface area contributed by atoms with Gasteiger partial charge in [0.05, 0.1) is 6.54 Å². The largest absolute Gasteiger partial charge is 0.331 e. The summed E-state index contributed by atoms with van der Waals surface area (Å²) in [5.74, 6) is -0.0253. The van der Waals surface area contributed by atoms with Crippen molar-refractivity contribution in [1.82, 2.24) is 10.2 Å². The molecule has 0 aromatic heterocycles. The van der Waals surface area contributed by atoms with Gasteiger partial charge in [0.15, 0.2) is 0 Å². The van der Waals surface area contributed by atoms with Crippen LogP contribution in [0.25, 0.3) is 0 Å². The van der Waals surface area contributed by atoms with E-state index in [-0.39, 0.29) is 24.4 Å². The maximum Gasteiger partial charge on any atom is 0.254 e. The van der Waals surface area contributed by atoms with Gasteiger partial charge in [-0.1, -0.05) is 0 Å². The molecule has 23 heavy (non-hydrogen) atoms. The van der Waals surface area contributed by atoms with Crippen molar-refractivity contribution in [2.75, 3.05) is 31.6 Å². The summed E-state index contributed by atoms with van der Waals surface area (Å²) in [7, 11) is 1.80. The minimum atomic E-state index is -0.959. The molecule has 0 bridgehead atoms. The number of nitrogens with one attached hydrogen (secondary N) is 1. The van der Waals surface area contributed by atoms with Gasteiger partial charge >= 0.3 is 0 Å². The van der Waals surface area contributed by atoms with Crippen molar-refractivity contribution in [2.45, 2.75) is 31.5 Å². The van der Waals surface area contributed by atoms with E-state index in [1.54, 1.807) is 41.1 Å². The van der Waals surface area contributed by atoms with Gasteiger partial charge in [-0.25, -0.2) is 4.39 Å². The Kier molecular flexibility index (Phi) is 4.61. The summed E-state index contributed by atoms with van der Waals surface area (Å²) in [4.78, 5) is 27.7. The molecule has 0 radical (unpaired) electrons. The third-order valence-electron chi connectivity index (χ3n) is 4.56. The zero-order valence-corrected chi connectivity index (χ0v) is 13.3. The first-order chi connectivity index (χ1) is 11.1. The second-order valence-corrected chi connectivity index (χ2v) is 6.20. The molecule has 1 aromatic rings. The van der Waals surface area contributed by atoms with Crippen LogP contribution in [0.1, 0.15) is 29.6 Å². The van der Waals surface area contributed by atoms with Crippen molar-refractivity contribution < 1.29 is 14.0 Å². The predicted molar refractivity (Wildman–Crippen MR) is 86.3 cm³/mol. The molecule has 0 aliphatic carbocycles. The highest BCUT2D eigenvalue weighted by Crippen LogP contribution is 2.25. The normalized spacial score (nSPS) is 24.5. The molecular weight excluding hydrogens is 297 g/mol. The minimum absolute atomic E-state index is 0.109. The average molecular weight is 319 g/mol. The number of halogens is 1. The van der Waals surface area contributed by atoms with Gasteiger partial charge in [0.2, 0.25) is 5.91 Å². The summed E-state index contributed by atoms with van der Waals surface area (Å²) in [6.07, 6.45) is 0.876. The molecule has 0 saturated carbocycles. The van der Waals surface area contributed by atoms with Gasteiger partial charge in [0, 0.05) is 43.2 Å². The fourth-order valence-electron chi connectivity index (χ4n) is 3.41. The van der Waals surface area contributed by atoms with E-state index in [0.717, 1.165) is 18.7 Å². The highest BCUT2D eigenvalue weighted by Gasteiger charge is 2.35. The van der Waals surface area contributed by atoms with Crippen LogP contribution in [0, 0.1) is 0 Å². The van der Waals surface area contributed by atoms with Crippen molar-refractivity contribution in [3.05, 3.63) is 29.8 Å². The number of anilines is 1. The molecule has 2 amide bonds. The molecule has 1 N–H and O–H groups in total. The molecule has 1 aromatic carbocycles. The van der Waals surface area contributed by atoms with E-state index in [9.17, 15) is 14.0 Å². The van der Waals surface area contributed by atoms with Crippen LogP contribution in [0.5, 0.6) is 0 Å². The Hall–Kier alpha value is -1.95. The topological polar surface area (TPSA) is 52.7 Å². The van der Waals surface area contributed by atoms with Crippen LogP contribution in [0.15, 0.2) is 24.3 Å². The number of alkyl halides is 1. The summed E-state index contributed by atoms with van der Waals surface area (Å²) >= 11 is 0. The third-order valence-corrected chi connectivity index (χ3v) is 4.56. The number of carbonyl (C=O) groups is 2. The van der Waals surface area contributed by atoms with E-state index in [1.807, 2.05) is 0 Å². The van der Waals surface area contributed by atoms with Crippen LogP contribution in [0.2, 0.25) is 0 Å². The lowest BCUT2D eigenvalue weighted by Crippen LogP contribution is -2.40. The fourth-order valence-corrected chi connectivity index (χ4v) is 3.41. The number of likely N-dealkylation sites (tertiary alicyclic amines) is 1. The standard InChI is InChI=1S/C17H22FN3O2/c1-19-10-15-9-13(18)11-21(15)17(23)12-4-6-14(7-5-12)20-8-2-3-16(20)22/h4-7,13,15,19H,2-3,8-11H2,1H3/t13-,15-/m0/s1. The molecule has 2 fully saturated rings. The molecule has 124 valence electrons. The Morgan fingerprint density at radius 3 is 2.70 bits per heavy atom. The van der Waals surface area contributed by atoms with Crippen molar-refractivity contribution >= 4 is 17.5 Å². The van der Waals surface area contributed by atoms with Gasteiger partial charge in [-0.15, -0.1) is 0 Å². The number of carbonyl (C=O) groups excluding carboxylic acids is 2. The molecule has 2 atom stereocenters. The molecule has 0 unspecified atom stereocenters. The first-order valence-electron chi connectivity index (χ1n) is 8.10. The number of benzene rings is 1. The lowest BCUT2D eigenvalue weighted by atomic mass is 10.1. The molecule has 3 rings (SSSR count). The van der Waals surface area contributed by atoms with Crippen molar-refractivity contribution in [3.63, 3.8) is 0 Å². The first-order valence-corrected chi connectivity index (χ1v) is 8.10. The number of amides is 2. The van der Waals surface area contributed by atoms with E-state index in [2.05, 4.69) is 5.32 Å². The molecule has 2 aliphatic rings. The summed E-state index contributed by atoms with van der Waals surface area (Å²) < 4.78 is 13.7. The Balaban J connectivity index is 1.73. The second kappa shape index (κ2) is 6.66. The first kappa shape index (κ1) is 15.9. The molecule has 0 spiro atoms. The fraction of sp³-hybridized carbons (Fsp3) is 0.529. The molecule has 5 nitrogen and oxygen atoms in total. The molecule has 2 heterocycles. The SMILES string of the molecule is CNC[C@@H]1C[C@H](F)CN1C(=O)c1ccc(N2CCCC2=O)cc1. The monoisotopic (exact) mass is 319 g/mol. The van der Waals surface area contributed by atoms with Crippen LogP contribution < -0.4 is 10.2 Å². The van der Waals surface area contributed by atoms with Crippen LogP contribution in [-0.2, 0) is 4.79 Å². The Labute approximate surface area is 135 Å². The zero-order valence-electron chi connectivity index (χ0n) is 13.3. The van der Waals surface area contributed by atoms with E-state index in [0.29, 0.717) is 24.9 Å². The van der Waals surface area contributed by atoms with Crippen molar-refractivity contribution in [2.24, 2.45) is 0 Å². The lowest BCUT2D eigenvalue weighted by molar-refractivity contribution is -0.117. The van der Waals surface area contributed by atoms with Crippen molar-refractivity contribution in [1.29, 1.82) is 0 Å². The van der Waals surface area contributed by atoms with Gasteiger partial charge < -0.3 is 15.1 Å². The van der Waals surface area contributed by atoms with Crippen LogP contribution >= 0.6 is 0 Å². The zero-order chi connectivity index (χ0) is 16.4. The maximum absolute atomic E-state index is 13.7. The van der Waals surface area contributed by atoms with Crippen molar-refractivity contribution in [3.8, 4) is 0 Å². The highest BCUT2D eigenvalue weighted by molar-refractivity contribution is 5.97. The minimum Gasteiger partial charge on any atom is -0.331 e. The third kappa shape index (κ3) is 3.22. The van der Waals surface area contributed by atoms with E-state index >= 15 is 0 Å².